The molecule has 0 aromatic heterocycles. The fourth-order valence-electron chi connectivity index (χ4n) is 8.03. The number of rotatable bonds is 47. The molecule has 352 valence electrons. The third-order valence-electron chi connectivity index (χ3n) is 12.0. The molecule has 3 atom stereocenters. The number of carbonyl (C=O) groups is 2. The molecule has 1 amide bonds. The third kappa shape index (κ3) is 42.8. The lowest BCUT2D eigenvalue weighted by Crippen LogP contribution is -2.46. The minimum atomic E-state index is -0.795. The number of hydrogen-bond donors (Lipinski definition) is 3. The number of allylic oxidation sites excluding steroid dienone is 6. The van der Waals surface area contributed by atoms with Crippen LogP contribution in [0.2, 0.25) is 0 Å². The van der Waals surface area contributed by atoms with E-state index in [1.165, 1.54) is 148 Å². The molecule has 60 heavy (non-hydrogen) atoms. The molecule has 3 N–H and O–H groups in total. The smallest absolute Gasteiger partial charge is 0.306 e. The molecule has 6 heteroatoms. The first-order valence-corrected chi connectivity index (χ1v) is 26.2. The molecule has 6 nitrogen and oxygen atoms in total. The van der Waals surface area contributed by atoms with Crippen LogP contribution in [0.1, 0.15) is 271 Å². The number of amides is 1. The van der Waals surface area contributed by atoms with Crippen LogP contribution >= 0.6 is 0 Å². The maximum absolute atomic E-state index is 13.2. The number of nitrogens with one attached hydrogen (secondary N) is 1. The standard InChI is InChI=1S/C54H101NO5/c1-4-7-10-13-16-19-22-25-26-27-28-29-31-34-37-40-43-46-52(57)51(49-56)55-53(58)48-50(45-42-39-36-33-30-23-20-17-14-11-8-5-2)60-54(59)47-44-41-38-35-32-24-21-18-15-12-9-6-3/h8,11,17,20,30,33,50-52,56-57H,4-7,9-10,12-16,18-19,21-29,31-32,34-49H2,1-3H3,(H,55,58)/b11-8+,20-17+,33-30+. The van der Waals surface area contributed by atoms with Gasteiger partial charge in [0.25, 0.3) is 0 Å². The Morgan fingerprint density at radius 2 is 0.900 bits per heavy atom. The summed E-state index contributed by atoms with van der Waals surface area (Å²) >= 11 is 0. The van der Waals surface area contributed by atoms with Crippen molar-refractivity contribution in [3.05, 3.63) is 36.5 Å². The number of unbranched alkanes of at least 4 members (excludes halogenated alkanes) is 29. The minimum absolute atomic E-state index is 0.0552. The van der Waals surface area contributed by atoms with E-state index >= 15 is 0 Å². The van der Waals surface area contributed by atoms with Gasteiger partial charge in [0.1, 0.15) is 6.10 Å². The van der Waals surface area contributed by atoms with E-state index in [0.29, 0.717) is 19.3 Å². The zero-order valence-electron chi connectivity index (χ0n) is 40.1. The zero-order valence-corrected chi connectivity index (χ0v) is 40.1. The Morgan fingerprint density at radius 3 is 1.35 bits per heavy atom. The SMILES string of the molecule is CC/C=C/C/C=C/C/C=C/CCCCC(CC(=O)NC(CO)C(O)CCCCCCCCCCCCCCCCCCC)OC(=O)CCCCCCCCCCCCCC. The number of carbonyl (C=O) groups excluding carboxylic acids is 2. The molecule has 0 aliphatic heterocycles. The quantitative estimate of drug-likeness (QED) is 0.0322. The summed E-state index contributed by atoms with van der Waals surface area (Å²) in [7, 11) is 0. The van der Waals surface area contributed by atoms with Gasteiger partial charge in [-0.3, -0.25) is 9.59 Å². The topological polar surface area (TPSA) is 95.9 Å². The van der Waals surface area contributed by atoms with Crippen molar-refractivity contribution in [1.29, 1.82) is 0 Å². The molecule has 0 aromatic rings. The highest BCUT2D eigenvalue weighted by molar-refractivity contribution is 5.77. The highest BCUT2D eigenvalue weighted by atomic mass is 16.5. The van der Waals surface area contributed by atoms with Crippen molar-refractivity contribution in [2.24, 2.45) is 0 Å². The third-order valence-corrected chi connectivity index (χ3v) is 12.0. The van der Waals surface area contributed by atoms with Crippen LogP contribution in [-0.4, -0.2) is 46.9 Å². The molecule has 0 spiro atoms. The van der Waals surface area contributed by atoms with E-state index < -0.39 is 18.2 Å². The number of aliphatic hydroxyl groups is 2. The second-order valence-electron chi connectivity index (χ2n) is 17.9. The van der Waals surface area contributed by atoms with E-state index in [2.05, 4.69) is 62.5 Å². The van der Waals surface area contributed by atoms with Gasteiger partial charge < -0.3 is 20.3 Å². The van der Waals surface area contributed by atoms with Crippen molar-refractivity contribution >= 4 is 11.9 Å². The Labute approximate surface area is 373 Å². The van der Waals surface area contributed by atoms with Crippen molar-refractivity contribution in [3.63, 3.8) is 0 Å². The Hall–Kier alpha value is -1.92. The van der Waals surface area contributed by atoms with Crippen molar-refractivity contribution in [1.82, 2.24) is 5.32 Å². The average Bonchev–Trinajstić information content (AvgIpc) is 3.24. The summed E-state index contributed by atoms with van der Waals surface area (Å²) in [6, 6.07) is -0.710. The van der Waals surface area contributed by atoms with Crippen LogP contribution < -0.4 is 5.32 Å². The Morgan fingerprint density at radius 1 is 0.500 bits per heavy atom. The van der Waals surface area contributed by atoms with Gasteiger partial charge in [0.05, 0.1) is 25.2 Å². The summed E-state index contributed by atoms with van der Waals surface area (Å²) < 4.78 is 5.91. The summed E-state index contributed by atoms with van der Waals surface area (Å²) in [6.45, 7) is 6.37. The predicted molar refractivity (Wildman–Crippen MR) is 259 cm³/mol. The molecule has 0 saturated carbocycles. The number of ether oxygens (including phenoxy) is 1. The number of hydrogen-bond acceptors (Lipinski definition) is 5. The molecule has 0 radical (unpaired) electrons. The summed E-state index contributed by atoms with van der Waals surface area (Å²) in [5, 5.41) is 23.8. The molecule has 3 unspecified atom stereocenters. The Kier molecular flexibility index (Phi) is 46.6. The van der Waals surface area contributed by atoms with Crippen LogP contribution in [0.4, 0.5) is 0 Å². The van der Waals surface area contributed by atoms with Gasteiger partial charge in [0.15, 0.2) is 0 Å². The second-order valence-corrected chi connectivity index (χ2v) is 17.9. The average molecular weight is 844 g/mol. The van der Waals surface area contributed by atoms with Crippen LogP contribution in [-0.2, 0) is 14.3 Å². The molecular formula is C54H101NO5. The minimum Gasteiger partial charge on any atom is -0.462 e. The lowest BCUT2D eigenvalue weighted by Gasteiger charge is -2.24. The molecule has 0 rings (SSSR count). The largest absolute Gasteiger partial charge is 0.462 e. The van der Waals surface area contributed by atoms with E-state index in [1.807, 2.05) is 0 Å². The summed E-state index contributed by atoms with van der Waals surface area (Å²) in [5.41, 5.74) is 0. The first kappa shape index (κ1) is 58.1. The van der Waals surface area contributed by atoms with Crippen molar-refractivity contribution in [2.45, 2.75) is 289 Å². The summed E-state index contributed by atoms with van der Waals surface area (Å²) in [4.78, 5) is 26.1. The molecule has 0 fully saturated rings. The molecule has 0 saturated heterocycles. The first-order chi connectivity index (χ1) is 29.5. The van der Waals surface area contributed by atoms with Crippen molar-refractivity contribution in [2.75, 3.05) is 6.61 Å². The normalized spacial score (nSPS) is 13.5. The van der Waals surface area contributed by atoms with Gasteiger partial charge >= 0.3 is 5.97 Å². The van der Waals surface area contributed by atoms with Crippen LogP contribution in [0.15, 0.2) is 36.5 Å². The van der Waals surface area contributed by atoms with Crippen molar-refractivity contribution < 1.29 is 24.5 Å². The lowest BCUT2D eigenvalue weighted by atomic mass is 10.0. The summed E-state index contributed by atoms with van der Waals surface area (Å²) in [6.07, 6.45) is 56.4. The molecule has 0 bridgehead atoms. The number of aliphatic hydroxyl groups excluding tert-OH is 2. The maximum atomic E-state index is 13.2. The molecule has 0 aliphatic carbocycles. The Balaban J connectivity index is 4.51. The van der Waals surface area contributed by atoms with E-state index in [4.69, 9.17) is 4.74 Å². The van der Waals surface area contributed by atoms with Gasteiger partial charge in [-0.05, 0) is 57.8 Å². The summed E-state index contributed by atoms with van der Waals surface area (Å²) in [5.74, 6) is -0.503. The van der Waals surface area contributed by atoms with Gasteiger partial charge in [-0.2, -0.15) is 0 Å². The van der Waals surface area contributed by atoms with Gasteiger partial charge in [-0.25, -0.2) is 0 Å². The van der Waals surface area contributed by atoms with Gasteiger partial charge in [0.2, 0.25) is 5.91 Å². The molecule has 0 aromatic carbocycles. The van der Waals surface area contributed by atoms with E-state index in [9.17, 15) is 19.8 Å². The number of esters is 1. The Bertz CT molecular complexity index is 993. The second kappa shape index (κ2) is 48.1. The van der Waals surface area contributed by atoms with E-state index in [0.717, 1.165) is 77.0 Å². The maximum Gasteiger partial charge on any atom is 0.306 e. The highest BCUT2D eigenvalue weighted by Crippen LogP contribution is 2.18. The molecule has 0 heterocycles. The predicted octanol–water partition coefficient (Wildman–Crippen LogP) is 15.7. The zero-order chi connectivity index (χ0) is 43.8. The molecule has 0 aliphatic rings. The van der Waals surface area contributed by atoms with Gasteiger partial charge in [-0.1, -0.05) is 237 Å². The van der Waals surface area contributed by atoms with Crippen LogP contribution in [0.5, 0.6) is 0 Å². The van der Waals surface area contributed by atoms with Gasteiger partial charge in [0, 0.05) is 6.42 Å². The van der Waals surface area contributed by atoms with E-state index in [-0.39, 0.29) is 24.9 Å². The van der Waals surface area contributed by atoms with E-state index in [1.54, 1.807) is 0 Å². The van der Waals surface area contributed by atoms with Crippen LogP contribution in [0, 0.1) is 0 Å². The fourth-order valence-corrected chi connectivity index (χ4v) is 8.03. The van der Waals surface area contributed by atoms with Crippen molar-refractivity contribution in [3.8, 4) is 0 Å². The highest BCUT2D eigenvalue weighted by Gasteiger charge is 2.24. The van der Waals surface area contributed by atoms with Gasteiger partial charge in [-0.15, -0.1) is 0 Å². The van der Waals surface area contributed by atoms with Crippen LogP contribution in [0.3, 0.4) is 0 Å². The van der Waals surface area contributed by atoms with Crippen LogP contribution in [0.25, 0.3) is 0 Å². The fraction of sp³-hybridized carbons (Fsp3) is 0.852. The first-order valence-electron chi connectivity index (χ1n) is 26.2. The molecular weight excluding hydrogens is 743 g/mol. The monoisotopic (exact) mass is 844 g/mol. The lowest BCUT2D eigenvalue weighted by molar-refractivity contribution is -0.151.